The van der Waals surface area contributed by atoms with Gasteiger partial charge in [-0.15, -0.1) is 11.3 Å². The molecule has 0 fully saturated rings. The summed E-state index contributed by atoms with van der Waals surface area (Å²) in [5, 5.41) is 5.65. The summed E-state index contributed by atoms with van der Waals surface area (Å²) in [4.78, 5) is 1.36. The lowest BCUT2D eigenvalue weighted by Crippen LogP contribution is -2.23. The maximum atomic E-state index is 5.55. The Morgan fingerprint density at radius 3 is 2.60 bits per heavy atom. The standard InChI is InChI=1S/C16H21NO2S/c1-4-17-14(11-12-7-6-10-20-12)13-8-5-9-15(18-2)16(13)19-3/h5-10,14,17H,4,11H2,1-3H3. The number of benzene rings is 1. The van der Waals surface area contributed by atoms with Crippen molar-refractivity contribution >= 4 is 11.3 Å². The Kier molecular flexibility index (Phi) is 5.44. The van der Waals surface area contributed by atoms with E-state index < -0.39 is 0 Å². The first-order valence-electron chi connectivity index (χ1n) is 6.76. The normalized spacial score (nSPS) is 12.2. The number of nitrogens with one attached hydrogen (secondary N) is 1. The lowest BCUT2D eigenvalue weighted by molar-refractivity contribution is 0.346. The van der Waals surface area contributed by atoms with E-state index >= 15 is 0 Å². The number of likely N-dealkylation sites (N-methyl/N-ethyl adjacent to an activating group) is 1. The van der Waals surface area contributed by atoms with Crippen molar-refractivity contribution in [3.8, 4) is 11.5 Å². The largest absolute Gasteiger partial charge is 0.493 e. The molecule has 1 atom stereocenters. The van der Waals surface area contributed by atoms with Crippen LogP contribution >= 0.6 is 11.3 Å². The molecule has 20 heavy (non-hydrogen) atoms. The van der Waals surface area contributed by atoms with Crippen LogP contribution in [0.2, 0.25) is 0 Å². The van der Waals surface area contributed by atoms with Gasteiger partial charge in [0.05, 0.1) is 14.2 Å². The lowest BCUT2D eigenvalue weighted by atomic mass is 10.0. The fraction of sp³-hybridized carbons (Fsp3) is 0.375. The Hall–Kier alpha value is -1.52. The molecule has 1 heterocycles. The monoisotopic (exact) mass is 291 g/mol. The first-order chi connectivity index (χ1) is 9.80. The number of rotatable bonds is 7. The van der Waals surface area contributed by atoms with Crippen LogP contribution in [0.4, 0.5) is 0 Å². The zero-order valence-corrected chi connectivity index (χ0v) is 13.0. The SMILES string of the molecule is CCNC(Cc1cccs1)c1cccc(OC)c1OC. The minimum absolute atomic E-state index is 0.226. The average molecular weight is 291 g/mol. The molecule has 2 rings (SSSR count). The molecule has 1 N–H and O–H groups in total. The molecule has 0 radical (unpaired) electrons. The molecule has 2 aromatic rings. The van der Waals surface area contributed by atoms with E-state index in [-0.39, 0.29) is 6.04 Å². The average Bonchev–Trinajstić information content (AvgIpc) is 2.98. The second kappa shape index (κ2) is 7.31. The maximum Gasteiger partial charge on any atom is 0.165 e. The van der Waals surface area contributed by atoms with Gasteiger partial charge in [-0.3, -0.25) is 0 Å². The van der Waals surface area contributed by atoms with E-state index in [0.29, 0.717) is 0 Å². The number of methoxy groups -OCH3 is 2. The zero-order chi connectivity index (χ0) is 14.4. The summed E-state index contributed by atoms with van der Waals surface area (Å²) in [7, 11) is 3.36. The summed E-state index contributed by atoms with van der Waals surface area (Å²) in [5.41, 5.74) is 1.14. The summed E-state index contributed by atoms with van der Waals surface area (Å²) in [6, 6.07) is 10.5. The Morgan fingerprint density at radius 2 is 2.00 bits per heavy atom. The Bertz CT molecular complexity index is 525. The van der Waals surface area contributed by atoms with Crippen LogP contribution in [0.25, 0.3) is 0 Å². The number of ether oxygens (including phenoxy) is 2. The van der Waals surface area contributed by atoms with Gasteiger partial charge < -0.3 is 14.8 Å². The lowest BCUT2D eigenvalue weighted by Gasteiger charge is -2.21. The minimum atomic E-state index is 0.226. The van der Waals surface area contributed by atoms with Gasteiger partial charge >= 0.3 is 0 Å². The molecule has 0 bridgehead atoms. The van der Waals surface area contributed by atoms with Crippen molar-refractivity contribution in [3.63, 3.8) is 0 Å². The molecule has 0 aliphatic carbocycles. The molecule has 108 valence electrons. The van der Waals surface area contributed by atoms with Crippen molar-refractivity contribution in [3.05, 3.63) is 46.2 Å². The van der Waals surface area contributed by atoms with Gasteiger partial charge in [-0.25, -0.2) is 0 Å². The van der Waals surface area contributed by atoms with Crippen LogP contribution in [0.3, 0.4) is 0 Å². The summed E-state index contributed by atoms with van der Waals surface area (Å²) in [6.45, 7) is 3.03. The third kappa shape index (κ3) is 3.32. The smallest absolute Gasteiger partial charge is 0.165 e. The highest BCUT2D eigenvalue weighted by Crippen LogP contribution is 2.36. The van der Waals surface area contributed by atoms with Gasteiger partial charge in [0.15, 0.2) is 11.5 Å². The van der Waals surface area contributed by atoms with Crippen molar-refractivity contribution in [2.24, 2.45) is 0 Å². The molecular formula is C16H21NO2S. The molecular weight excluding hydrogens is 270 g/mol. The Morgan fingerprint density at radius 1 is 1.15 bits per heavy atom. The Balaban J connectivity index is 2.33. The molecule has 1 aromatic heterocycles. The fourth-order valence-electron chi connectivity index (χ4n) is 2.35. The Labute approximate surface area is 124 Å². The number of hydrogen-bond donors (Lipinski definition) is 1. The van der Waals surface area contributed by atoms with E-state index in [2.05, 4.69) is 35.8 Å². The molecule has 0 saturated heterocycles. The molecule has 0 spiro atoms. The van der Waals surface area contributed by atoms with Crippen molar-refractivity contribution in [1.29, 1.82) is 0 Å². The van der Waals surface area contributed by atoms with Crippen molar-refractivity contribution in [1.82, 2.24) is 5.32 Å². The van der Waals surface area contributed by atoms with Gasteiger partial charge in [-0.1, -0.05) is 25.1 Å². The van der Waals surface area contributed by atoms with Gasteiger partial charge in [0.2, 0.25) is 0 Å². The first kappa shape index (κ1) is 14.9. The van der Waals surface area contributed by atoms with Crippen LogP contribution in [0.15, 0.2) is 35.7 Å². The van der Waals surface area contributed by atoms with Gasteiger partial charge in [0.25, 0.3) is 0 Å². The topological polar surface area (TPSA) is 30.5 Å². The number of para-hydroxylation sites is 1. The van der Waals surface area contributed by atoms with E-state index in [1.807, 2.05) is 12.1 Å². The highest BCUT2D eigenvalue weighted by molar-refractivity contribution is 7.09. The van der Waals surface area contributed by atoms with E-state index in [4.69, 9.17) is 9.47 Å². The minimum Gasteiger partial charge on any atom is -0.493 e. The van der Waals surface area contributed by atoms with Crippen LogP contribution < -0.4 is 14.8 Å². The first-order valence-corrected chi connectivity index (χ1v) is 7.64. The fourth-order valence-corrected chi connectivity index (χ4v) is 3.11. The molecule has 1 unspecified atom stereocenters. The molecule has 0 saturated carbocycles. The number of thiophene rings is 1. The van der Waals surface area contributed by atoms with Gasteiger partial charge in [0, 0.05) is 22.9 Å². The van der Waals surface area contributed by atoms with E-state index in [9.17, 15) is 0 Å². The molecule has 0 aliphatic heterocycles. The highest BCUT2D eigenvalue weighted by Gasteiger charge is 2.19. The van der Waals surface area contributed by atoms with Gasteiger partial charge in [-0.2, -0.15) is 0 Å². The van der Waals surface area contributed by atoms with Crippen LogP contribution in [-0.4, -0.2) is 20.8 Å². The van der Waals surface area contributed by atoms with E-state index in [1.165, 1.54) is 4.88 Å². The second-order valence-electron chi connectivity index (χ2n) is 4.48. The quantitative estimate of drug-likeness (QED) is 0.844. The van der Waals surface area contributed by atoms with Gasteiger partial charge in [0.1, 0.15) is 0 Å². The molecule has 1 aromatic carbocycles. The molecule has 0 aliphatic rings. The van der Waals surface area contributed by atoms with E-state index in [1.54, 1.807) is 25.6 Å². The third-order valence-corrected chi connectivity index (χ3v) is 4.14. The summed E-state index contributed by atoms with van der Waals surface area (Å²) in [6.07, 6.45) is 0.953. The van der Waals surface area contributed by atoms with Crippen LogP contribution in [0, 0.1) is 0 Å². The number of hydrogen-bond acceptors (Lipinski definition) is 4. The van der Waals surface area contributed by atoms with Crippen molar-refractivity contribution < 1.29 is 9.47 Å². The van der Waals surface area contributed by atoms with E-state index in [0.717, 1.165) is 30.0 Å². The van der Waals surface area contributed by atoms with Crippen LogP contribution in [0.5, 0.6) is 11.5 Å². The van der Waals surface area contributed by atoms with Crippen molar-refractivity contribution in [2.45, 2.75) is 19.4 Å². The summed E-state index contributed by atoms with van der Waals surface area (Å²) >= 11 is 1.78. The molecule has 3 nitrogen and oxygen atoms in total. The van der Waals surface area contributed by atoms with Crippen LogP contribution in [-0.2, 0) is 6.42 Å². The van der Waals surface area contributed by atoms with Gasteiger partial charge in [-0.05, 0) is 24.1 Å². The van der Waals surface area contributed by atoms with Crippen molar-refractivity contribution in [2.75, 3.05) is 20.8 Å². The predicted molar refractivity (Wildman–Crippen MR) is 84.0 cm³/mol. The summed E-state index contributed by atoms with van der Waals surface area (Å²) in [5.74, 6) is 1.59. The predicted octanol–water partition coefficient (Wildman–Crippen LogP) is 3.66. The zero-order valence-electron chi connectivity index (χ0n) is 12.2. The second-order valence-corrected chi connectivity index (χ2v) is 5.51. The van der Waals surface area contributed by atoms with Crippen LogP contribution in [0.1, 0.15) is 23.4 Å². The summed E-state index contributed by atoms with van der Waals surface area (Å²) < 4.78 is 10.9. The molecule has 4 heteroatoms. The highest BCUT2D eigenvalue weighted by atomic mass is 32.1. The maximum absolute atomic E-state index is 5.55. The molecule has 0 amide bonds. The third-order valence-electron chi connectivity index (χ3n) is 3.24.